The molecule has 0 atom stereocenters. The largest absolute Gasteiger partial charge is 0.502 e. The summed E-state index contributed by atoms with van der Waals surface area (Å²) in [7, 11) is 0. The Balaban J connectivity index is 2.78. The van der Waals surface area contributed by atoms with Crippen molar-refractivity contribution in [3.05, 3.63) is 33.9 Å². The Labute approximate surface area is 91.2 Å². The molecule has 7 heteroatoms. The number of aliphatic hydroxyl groups is 1. The molecule has 0 radical (unpaired) electrons. The van der Waals surface area contributed by atoms with Gasteiger partial charge in [-0.05, 0) is 12.1 Å². The van der Waals surface area contributed by atoms with Crippen molar-refractivity contribution in [3.8, 4) is 5.75 Å². The van der Waals surface area contributed by atoms with Gasteiger partial charge in [-0.2, -0.15) is 5.10 Å². The second kappa shape index (κ2) is 5.66. The van der Waals surface area contributed by atoms with Gasteiger partial charge in [0.1, 0.15) is 0 Å². The number of rotatable bonds is 5. The molecule has 0 amide bonds. The molecule has 0 aromatic heterocycles. The molecule has 0 saturated carbocycles. The summed E-state index contributed by atoms with van der Waals surface area (Å²) in [6.45, 7) is 0.254. The van der Waals surface area contributed by atoms with E-state index in [9.17, 15) is 15.2 Å². The first-order valence-electron chi connectivity index (χ1n) is 4.49. The third kappa shape index (κ3) is 3.21. The summed E-state index contributed by atoms with van der Waals surface area (Å²) in [6, 6.07) is 3.93. The van der Waals surface area contributed by atoms with Crippen molar-refractivity contribution in [1.29, 1.82) is 0 Å². The van der Waals surface area contributed by atoms with Crippen LogP contribution in [0.3, 0.4) is 0 Å². The van der Waals surface area contributed by atoms with E-state index in [1.165, 1.54) is 24.4 Å². The van der Waals surface area contributed by atoms with Crippen LogP contribution in [0.4, 0.5) is 5.69 Å². The fourth-order valence-corrected chi connectivity index (χ4v) is 1.00. The minimum absolute atomic E-state index is 0.0485. The number of hydrazone groups is 1. The molecule has 0 aliphatic heterocycles. The lowest BCUT2D eigenvalue weighted by atomic mass is 10.2. The van der Waals surface area contributed by atoms with Crippen LogP contribution in [0.15, 0.2) is 23.3 Å². The number of nitrogens with zero attached hydrogens (tertiary/aromatic N) is 2. The molecule has 0 saturated heterocycles. The Morgan fingerprint density at radius 3 is 2.94 bits per heavy atom. The molecule has 86 valence electrons. The number of nitro benzene ring substituents is 1. The summed E-state index contributed by atoms with van der Waals surface area (Å²) in [5.41, 5.74) is 2.65. The smallest absolute Gasteiger partial charge is 0.311 e. The van der Waals surface area contributed by atoms with E-state index in [1.807, 2.05) is 0 Å². The van der Waals surface area contributed by atoms with E-state index in [-0.39, 0.29) is 18.0 Å². The summed E-state index contributed by atoms with van der Waals surface area (Å²) >= 11 is 0. The minimum atomic E-state index is -0.673. The fourth-order valence-electron chi connectivity index (χ4n) is 1.00. The van der Waals surface area contributed by atoms with Crippen LogP contribution in [0, 0.1) is 10.1 Å². The normalized spacial score (nSPS) is 10.6. The quantitative estimate of drug-likeness (QED) is 0.287. The highest BCUT2D eigenvalue weighted by atomic mass is 16.6. The number of aliphatic hydroxyl groups excluding tert-OH is 1. The third-order valence-corrected chi connectivity index (χ3v) is 1.72. The number of nitro groups is 1. The molecule has 0 aliphatic rings. The Morgan fingerprint density at radius 2 is 2.31 bits per heavy atom. The Kier molecular flexibility index (Phi) is 4.22. The molecule has 0 unspecified atom stereocenters. The van der Waals surface area contributed by atoms with Gasteiger partial charge in [-0.15, -0.1) is 0 Å². The van der Waals surface area contributed by atoms with Gasteiger partial charge in [0.2, 0.25) is 0 Å². The van der Waals surface area contributed by atoms with E-state index in [1.54, 1.807) is 0 Å². The number of hydrogen-bond donors (Lipinski definition) is 3. The standard InChI is InChI=1S/C9H11N3O4/c13-4-3-10-11-6-7-1-2-9(14)8(5-7)12(15)16/h1-2,5-6,10,13-14H,3-4H2. The monoisotopic (exact) mass is 225 g/mol. The zero-order valence-electron chi connectivity index (χ0n) is 8.33. The van der Waals surface area contributed by atoms with E-state index in [0.29, 0.717) is 12.1 Å². The SMILES string of the molecule is O=[N+]([O-])c1cc(C=NNCCO)ccc1O. The summed E-state index contributed by atoms with van der Waals surface area (Å²) in [5, 5.41) is 31.9. The first-order valence-corrected chi connectivity index (χ1v) is 4.49. The van der Waals surface area contributed by atoms with Gasteiger partial charge in [-0.1, -0.05) is 0 Å². The molecule has 0 aliphatic carbocycles. The van der Waals surface area contributed by atoms with E-state index in [4.69, 9.17) is 5.11 Å². The van der Waals surface area contributed by atoms with Crippen molar-refractivity contribution in [2.24, 2.45) is 5.10 Å². The second-order valence-electron chi connectivity index (χ2n) is 2.90. The molecule has 3 N–H and O–H groups in total. The van der Waals surface area contributed by atoms with Crippen LogP contribution >= 0.6 is 0 Å². The van der Waals surface area contributed by atoms with Crippen LogP contribution in [0.1, 0.15) is 5.56 Å². The van der Waals surface area contributed by atoms with Crippen LogP contribution in [-0.2, 0) is 0 Å². The fraction of sp³-hybridized carbons (Fsp3) is 0.222. The van der Waals surface area contributed by atoms with Crippen LogP contribution in [0.25, 0.3) is 0 Å². The third-order valence-electron chi connectivity index (χ3n) is 1.72. The first-order chi connectivity index (χ1) is 7.65. The van der Waals surface area contributed by atoms with Gasteiger partial charge < -0.3 is 15.6 Å². The van der Waals surface area contributed by atoms with Crippen LogP contribution < -0.4 is 5.43 Å². The zero-order valence-corrected chi connectivity index (χ0v) is 8.33. The Morgan fingerprint density at radius 1 is 1.56 bits per heavy atom. The van der Waals surface area contributed by atoms with E-state index < -0.39 is 4.92 Å². The van der Waals surface area contributed by atoms with Crippen molar-refractivity contribution >= 4 is 11.9 Å². The van der Waals surface area contributed by atoms with Crippen LogP contribution in [0.5, 0.6) is 5.75 Å². The van der Waals surface area contributed by atoms with Gasteiger partial charge in [-0.3, -0.25) is 10.1 Å². The maximum absolute atomic E-state index is 10.5. The Bertz CT molecular complexity index is 406. The van der Waals surface area contributed by atoms with Crippen molar-refractivity contribution in [2.45, 2.75) is 0 Å². The number of nitrogens with one attached hydrogen (secondary N) is 1. The van der Waals surface area contributed by atoms with Gasteiger partial charge in [0, 0.05) is 11.6 Å². The van der Waals surface area contributed by atoms with Crippen molar-refractivity contribution < 1.29 is 15.1 Å². The first kappa shape index (κ1) is 11.9. The number of benzene rings is 1. The summed E-state index contributed by atoms with van der Waals surface area (Å²) in [6.07, 6.45) is 1.36. The highest BCUT2D eigenvalue weighted by Crippen LogP contribution is 2.25. The Hall–Kier alpha value is -2.15. The highest BCUT2D eigenvalue weighted by Gasteiger charge is 2.12. The highest BCUT2D eigenvalue weighted by molar-refractivity contribution is 5.81. The molecule has 0 fully saturated rings. The molecule has 1 rings (SSSR count). The van der Waals surface area contributed by atoms with E-state index in [0.717, 1.165) is 0 Å². The number of phenolic OH excluding ortho intramolecular Hbond substituents is 1. The lowest BCUT2D eigenvalue weighted by Gasteiger charge is -1.98. The molecule has 0 heterocycles. The van der Waals surface area contributed by atoms with Gasteiger partial charge in [0.15, 0.2) is 5.75 Å². The summed E-state index contributed by atoms with van der Waals surface area (Å²) < 4.78 is 0. The predicted molar refractivity (Wildman–Crippen MR) is 57.4 cm³/mol. The number of aromatic hydroxyl groups is 1. The maximum Gasteiger partial charge on any atom is 0.311 e. The van der Waals surface area contributed by atoms with E-state index >= 15 is 0 Å². The van der Waals surface area contributed by atoms with Crippen LogP contribution in [-0.4, -0.2) is 34.5 Å². The molecule has 1 aromatic rings. The van der Waals surface area contributed by atoms with Crippen molar-refractivity contribution in [3.63, 3.8) is 0 Å². The lowest BCUT2D eigenvalue weighted by Crippen LogP contribution is -2.11. The predicted octanol–water partition coefficient (Wildman–Crippen LogP) is 0.216. The minimum Gasteiger partial charge on any atom is -0.502 e. The molecule has 16 heavy (non-hydrogen) atoms. The topological polar surface area (TPSA) is 108 Å². The lowest BCUT2D eigenvalue weighted by molar-refractivity contribution is -0.385. The summed E-state index contributed by atoms with van der Waals surface area (Å²) in [4.78, 5) is 9.83. The average molecular weight is 225 g/mol. The number of phenols is 1. The second-order valence-corrected chi connectivity index (χ2v) is 2.90. The molecular formula is C9H11N3O4. The molecular weight excluding hydrogens is 214 g/mol. The molecule has 0 spiro atoms. The van der Waals surface area contributed by atoms with Crippen molar-refractivity contribution in [2.75, 3.05) is 13.2 Å². The average Bonchev–Trinajstić information content (AvgIpc) is 2.26. The van der Waals surface area contributed by atoms with Crippen molar-refractivity contribution in [1.82, 2.24) is 5.43 Å². The summed E-state index contributed by atoms with van der Waals surface area (Å²) in [5.74, 6) is -0.384. The van der Waals surface area contributed by atoms with Gasteiger partial charge in [0.25, 0.3) is 0 Å². The molecule has 1 aromatic carbocycles. The number of hydrogen-bond acceptors (Lipinski definition) is 6. The van der Waals surface area contributed by atoms with Gasteiger partial charge in [-0.25, -0.2) is 0 Å². The molecule has 0 bridgehead atoms. The zero-order chi connectivity index (χ0) is 12.0. The maximum atomic E-state index is 10.5. The van der Waals surface area contributed by atoms with E-state index in [2.05, 4.69) is 10.5 Å². The van der Waals surface area contributed by atoms with Gasteiger partial charge in [0.05, 0.1) is 24.3 Å². The van der Waals surface area contributed by atoms with Crippen LogP contribution in [0.2, 0.25) is 0 Å². The van der Waals surface area contributed by atoms with Gasteiger partial charge >= 0.3 is 5.69 Å². The molecule has 7 nitrogen and oxygen atoms in total.